The maximum atomic E-state index is 12.1. The number of hydrogen-bond donors (Lipinski definition) is 0. The van der Waals surface area contributed by atoms with Gasteiger partial charge in [-0.1, -0.05) is 22.0 Å². The average Bonchev–Trinajstić information content (AvgIpc) is 2.38. The molecule has 0 fully saturated rings. The molecular weight excluding hydrogens is 348 g/mol. The van der Waals surface area contributed by atoms with E-state index in [-0.39, 0.29) is 5.78 Å². The summed E-state index contributed by atoms with van der Waals surface area (Å²) in [6, 6.07) is 8.88. The molecule has 0 aromatic carbocycles. The Morgan fingerprint density at radius 1 is 1.18 bits per heavy atom. The van der Waals surface area contributed by atoms with Gasteiger partial charge in [0.05, 0.1) is 0 Å². The Bertz CT molecular complexity index is 531. The normalized spacial score (nSPS) is 12.1. The van der Waals surface area contributed by atoms with E-state index in [1.54, 1.807) is 42.7 Å². The zero-order chi connectivity index (χ0) is 12.3. The monoisotopic (exact) mass is 354 g/mol. The van der Waals surface area contributed by atoms with Gasteiger partial charge >= 0.3 is 0 Å². The number of hydrogen-bond acceptors (Lipinski definition) is 3. The molecule has 0 aliphatic carbocycles. The van der Waals surface area contributed by atoms with Crippen molar-refractivity contribution in [2.75, 3.05) is 0 Å². The highest BCUT2D eigenvalue weighted by molar-refractivity contribution is 9.10. The van der Waals surface area contributed by atoms with Crippen LogP contribution in [0.15, 0.2) is 47.3 Å². The van der Waals surface area contributed by atoms with Crippen molar-refractivity contribution in [2.45, 2.75) is 4.83 Å². The van der Waals surface area contributed by atoms with Crippen LogP contribution in [-0.2, 0) is 0 Å². The molecule has 0 bridgehead atoms. The summed E-state index contributed by atoms with van der Waals surface area (Å²) in [4.78, 5) is 19.8. The van der Waals surface area contributed by atoms with Crippen molar-refractivity contribution in [3.63, 3.8) is 0 Å². The van der Waals surface area contributed by atoms with E-state index in [4.69, 9.17) is 0 Å². The summed E-state index contributed by atoms with van der Waals surface area (Å²) in [5.41, 5.74) is 1.30. The number of alkyl halides is 1. The minimum Gasteiger partial charge on any atom is -0.291 e. The van der Waals surface area contributed by atoms with E-state index in [9.17, 15) is 4.79 Å². The SMILES string of the molecule is O=C(c1ccccn1)[C@H](Br)c1ccnc(Br)c1. The number of rotatable bonds is 3. The molecule has 17 heavy (non-hydrogen) atoms. The Morgan fingerprint density at radius 2 is 2.00 bits per heavy atom. The molecule has 5 heteroatoms. The van der Waals surface area contributed by atoms with Crippen LogP contribution in [0.3, 0.4) is 0 Å². The number of ketones is 1. The fourth-order valence-corrected chi connectivity index (χ4v) is 2.27. The van der Waals surface area contributed by atoms with Gasteiger partial charge in [0.25, 0.3) is 0 Å². The smallest absolute Gasteiger partial charge is 0.199 e. The van der Waals surface area contributed by atoms with Gasteiger partial charge in [0.15, 0.2) is 5.78 Å². The van der Waals surface area contributed by atoms with Crippen molar-refractivity contribution in [3.8, 4) is 0 Å². The number of pyridine rings is 2. The molecule has 0 saturated carbocycles. The van der Waals surface area contributed by atoms with Crippen LogP contribution in [0.25, 0.3) is 0 Å². The van der Waals surface area contributed by atoms with E-state index in [1.807, 2.05) is 0 Å². The highest BCUT2D eigenvalue weighted by Crippen LogP contribution is 2.27. The van der Waals surface area contributed by atoms with Gasteiger partial charge in [-0.15, -0.1) is 0 Å². The van der Waals surface area contributed by atoms with Crippen LogP contribution >= 0.6 is 31.9 Å². The van der Waals surface area contributed by atoms with Crippen molar-refractivity contribution in [1.29, 1.82) is 0 Å². The van der Waals surface area contributed by atoms with E-state index in [2.05, 4.69) is 41.8 Å². The summed E-state index contributed by atoms with van der Waals surface area (Å²) >= 11 is 6.66. The summed E-state index contributed by atoms with van der Waals surface area (Å²) in [6.45, 7) is 0. The number of carbonyl (C=O) groups excluding carboxylic acids is 1. The maximum absolute atomic E-state index is 12.1. The first kappa shape index (κ1) is 12.4. The standard InChI is InChI=1S/C12H8Br2N2O/c13-10-7-8(4-6-16-10)11(14)12(17)9-3-1-2-5-15-9/h1-7,11H/t11-/m1/s1. The third-order valence-electron chi connectivity index (χ3n) is 2.19. The Balaban J connectivity index is 2.27. The number of halogens is 2. The zero-order valence-corrected chi connectivity index (χ0v) is 11.8. The summed E-state index contributed by atoms with van der Waals surface area (Å²) in [5, 5.41) is 0. The molecule has 0 aliphatic rings. The van der Waals surface area contributed by atoms with E-state index >= 15 is 0 Å². The molecule has 0 amide bonds. The molecule has 0 saturated heterocycles. The van der Waals surface area contributed by atoms with Crippen LogP contribution in [0.4, 0.5) is 0 Å². The van der Waals surface area contributed by atoms with Gasteiger partial charge in [-0.3, -0.25) is 9.78 Å². The van der Waals surface area contributed by atoms with Crippen molar-refractivity contribution in [3.05, 3.63) is 58.6 Å². The molecule has 2 heterocycles. The molecule has 0 N–H and O–H groups in total. The zero-order valence-electron chi connectivity index (χ0n) is 8.68. The number of carbonyl (C=O) groups is 1. The Hall–Kier alpha value is -1.07. The minimum atomic E-state index is -0.406. The lowest BCUT2D eigenvalue weighted by Gasteiger charge is -2.08. The quantitative estimate of drug-likeness (QED) is 0.480. The highest BCUT2D eigenvalue weighted by atomic mass is 79.9. The van der Waals surface area contributed by atoms with Crippen molar-refractivity contribution >= 4 is 37.6 Å². The van der Waals surface area contributed by atoms with Crippen LogP contribution < -0.4 is 0 Å². The van der Waals surface area contributed by atoms with Gasteiger partial charge < -0.3 is 0 Å². The molecule has 86 valence electrons. The third-order valence-corrected chi connectivity index (χ3v) is 3.57. The van der Waals surface area contributed by atoms with Crippen LogP contribution in [0.2, 0.25) is 0 Å². The Kier molecular flexibility index (Phi) is 4.02. The fourth-order valence-electron chi connectivity index (χ4n) is 1.36. The molecule has 0 spiro atoms. The van der Waals surface area contributed by atoms with Crippen LogP contribution in [0.5, 0.6) is 0 Å². The first-order valence-corrected chi connectivity index (χ1v) is 6.60. The Morgan fingerprint density at radius 3 is 2.65 bits per heavy atom. The molecule has 1 atom stereocenters. The number of Topliss-reactive ketones (excluding diaryl/α,β-unsaturated/α-hetero) is 1. The molecule has 2 rings (SSSR count). The summed E-state index contributed by atoms with van der Waals surface area (Å²) < 4.78 is 0.702. The summed E-state index contributed by atoms with van der Waals surface area (Å²) in [5.74, 6) is -0.0660. The molecule has 0 unspecified atom stereocenters. The first-order valence-electron chi connectivity index (χ1n) is 4.89. The van der Waals surface area contributed by atoms with Gasteiger partial charge in [0.2, 0.25) is 0 Å². The van der Waals surface area contributed by atoms with Crippen molar-refractivity contribution in [2.24, 2.45) is 0 Å². The minimum absolute atomic E-state index is 0.0660. The van der Waals surface area contributed by atoms with Gasteiger partial charge in [-0.2, -0.15) is 0 Å². The van der Waals surface area contributed by atoms with E-state index in [1.165, 1.54) is 0 Å². The lowest BCUT2D eigenvalue weighted by molar-refractivity contribution is 0.0987. The fraction of sp³-hybridized carbons (Fsp3) is 0.0833. The second-order valence-electron chi connectivity index (χ2n) is 3.35. The maximum Gasteiger partial charge on any atom is 0.199 e. The van der Waals surface area contributed by atoms with Crippen molar-refractivity contribution < 1.29 is 4.79 Å². The largest absolute Gasteiger partial charge is 0.291 e. The van der Waals surface area contributed by atoms with E-state index in [0.717, 1.165) is 5.56 Å². The van der Waals surface area contributed by atoms with Crippen LogP contribution in [0, 0.1) is 0 Å². The third kappa shape index (κ3) is 2.98. The van der Waals surface area contributed by atoms with Gasteiger partial charge in [0.1, 0.15) is 15.1 Å². The second-order valence-corrected chi connectivity index (χ2v) is 5.08. The number of aromatic nitrogens is 2. The molecule has 2 aromatic heterocycles. The number of nitrogens with zero attached hydrogens (tertiary/aromatic N) is 2. The van der Waals surface area contributed by atoms with Crippen LogP contribution in [-0.4, -0.2) is 15.8 Å². The van der Waals surface area contributed by atoms with Crippen molar-refractivity contribution in [1.82, 2.24) is 9.97 Å². The van der Waals surface area contributed by atoms with Gasteiger partial charge in [-0.05, 0) is 45.8 Å². The van der Waals surface area contributed by atoms with E-state index < -0.39 is 4.83 Å². The van der Waals surface area contributed by atoms with Crippen LogP contribution in [0.1, 0.15) is 20.9 Å². The Labute approximate surface area is 116 Å². The molecule has 3 nitrogen and oxygen atoms in total. The lowest BCUT2D eigenvalue weighted by Crippen LogP contribution is -2.08. The average molecular weight is 356 g/mol. The van der Waals surface area contributed by atoms with Gasteiger partial charge in [-0.25, -0.2) is 4.98 Å². The lowest BCUT2D eigenvalue weighted by atomic mass is 10.1. The molecule has 2 aromatic rings. The predicted molar refractivity (Wildman–Crippen MR) is 72.2 cm³/mol. The second kappa shape index (κ2) is 5.51. The summed E-state index contributed by atoms with van der Waals surface area (Å²) in [7, 11) is 0. The molecule has 0 aliphatic heterocycles. The van der Waals surface area contributed by atoms with Gasteiger partial charge in [0, 0.05) is 12.4 Å². The predicted octanol–water partition coefficient (Wildman–Crippen LogP) is 3.56. The topological polar surface area (TPSA) is 42.9 Å². The first-order chi connectivity index (χ1) is 8.18. The van der Waals surface area contributed by atoms with E-state index in [0.29, 0.717) is 10.3 Å². The molecule has 0 radical (unpaired) electrons. The molecular formula is C12H8Br2N2O. The summed E-state index contributed by atoms with van der Waals surface area (Å²) in [6.07, 6.45) is 3.26. The highest BCUT2D eigenvalue weighted by Gasteiger charge is 2.20.